The first-order valence-electron chi connectivity index (χ1n) is 2.22. The van der Waals surface area contributed by atoms with Gasteiger partial charge >= 0.3 is 25.4 Å². The van der Waals surface area contributed by atoms with E-state index in [9.17, 15) is 4.79 Å². The summed E-state index contributed by atoms with van der Waals surface area (Å²) in [5.41, 5.74) is 0. The summed E-state index contributed by atoms with van der Waals surface area (Å²) in [5.74, 6) is -1.19. The van der Waals surface area contributed by atoms with Crippen molar-refractivity contribution >= 4 is 16.4 Å². The van der Waals surface area contributed by atoms with E-state index in [1.54, 1.807) is 0 Å². The van der Waals surface area contributed by atoms with E-state index in [0.29, 0.717) is 0 Å². The van der Waals surface area contributed by atoms with Crippen LogP contribution in [-0.4, -0.2) is 39.8 Å². The molecule has 0 bridgehead atoms. The topological polar surface area (TPSA) is 138 Å². The second-order valence-electron chi connectivity index (χ2n) is 1.42. The van der Waals surface area contributed by atoms with Crippen molar-refractivity contribution in [3.8, 4) is 0 Å². The van der Waals surface area contributed by atoms with Gasteiger partial charge in [0.15, 0.2) is 0 Å². The minimum Gasteiger partial charge on any atom is -0.759 e. The number of aliphatic carboxylic acids is 1. The summed E-state index contributed by atoms with van der Waals surface area (Å²) in [6.07, 6.45) is -1.23. The van der Waals surface area contributed by atoms with Crippen LogP contribution in [0.15, 0.2) is 0 Å². The summed E-state index contributed by atoms with van der Waals surface area (Å²) in [5, 5.41) is 15.8. The molecule has 12 heavy (non-hydrogen) atoms. The van der Waals surface area contributed by atoms with Gasteiger partial charge in [0.1, 0.15) is 6.10 Å². The van der Waals surface area contributed by atoms with Gasteiger partial charge in [-0.15, -0.1) is 0 Å². The molecule has 2 N–H and O–H groups in total. The minimum absolute atomic E-state index is 0. The second-order valence-corrected chi connectivity index (χ2v) is 2.24. The van der Waals surface area contributed by atoms with E-state index in [1.807, 2.05) is 0 Å². The molecule has 1 unspecified atom stereocenters. The minimum atomic E-state index is -5.17. The Morgan fingerprint density at radius 1 is 1.42 bits per heavy atom. The monoisotopic (exact) mass is 250 g/mol. The summed E-state index contributed by atoms with van der Waals surface area (Å²) in [6.45, 7) is 1.20. The molecule has 0 aromatic rings. The Morgan fingerprint density at radius 2 is 1.50 bits per heavy atom. The fourth-order valence-electron chi connectivity index (χ4n) is 0. The smallest absolute Gasteiger partial charge is 0.759 e. The predicted molar refractivity (Wildman–Crippen MR) is 29.8 cm³/mol. The molecule has 0 aliphatic rings. The van der Waals surface area contributed by atoms with Gasteiger partial charge < -0.3 is 19.3 Å². The SMILES string of the molecule is CC(O)C(=O)O.O=S(=O)([O-])[O-].[Zn+2]. The molecule has 1 atom stereocenters. The number of carboxylic acid groups (broad SMARTS) is 1. The number of hydrogen-bond acceptors (Lipinski definition) is 6. The van der Waals surface area contributed by atoms with E-state index in [1.165, 1.54) is 6.92 Å². The Balaban J connectivity index is -0.000000126. The van der Waals surface area contributed by atoms with Crippen molar-refractivity contribution in [2.45, 2.75) is 13.0 Å². The molecule has 0 rings (SSSR count). The largest absolute Gasteiger partial charge is 2.00 e. The van der Waals surface area contributed by atoms with Gasteiger partial charge in [-0.05, 0) is 6.92 Å². The Kier molecular flexibility index (Phi) is 11.3. The first-order chi connectivity index (χ1) is 4.64. The molecule has 0 aromatic heterocycles. The maximum Gasteiger partial charge on any atom is 2.00 e. The van der Waals surface area contributed by atoms with Crippen LogP contribution in [0.3, 0.4) is 0 Å². The van der Waals surface area contributed by atoms with Crippen molar-refractivity contribution in [2.24, 2.45) is 0 Å². The molecule has 0 fully saturated rings. The van der Waals surface area contributed by atoms with Crippen molar-refractivity contribution < 1.29 is 52.0 Å². The third-order valence-corrected chi connectivity index (χ3v) is 0.357. The molecular weight excluding hydrogens is 245 g/mol. The van der Waals surface area contributed by atoms with Gasteiger partial charge in [-0.25, -0.2) is 4.79 Å². The average molecular weight is 252 g/mol. The van der Waals surface area contributed by atoms with E-state index < -0.39 is 22.5 Å². The van der Waals surface area contributed by atoms with E-state index >= 15 is 0 Å². The van der Waals surface area contributed by atoms with Gasteiger partial charge in [-0.2, -0.15) is 0 Å². The Bertz CT molecular complexity index is 199. The third-order valence-electron chi connectivity index (χ3n) is 0.357. The van der Waals surface area contributed by atoms with Crippen LogP contribution in [-0.2, 0) is 34.7 Å². The van der Waals surface area contributed by atoms with Gasteiger partial charge in [-0.1, -0.05) is 0 Å². The van der Waals surface area contributed by atoms with E-state index in [2.05, 4.69) is 0 Å². The molecule has 9 heteroatoms. The molecule has 0 radical (unpaired) electrons. The molecule has 68 valence electrons. The molecule has 0 spiro atoms. The molecule has 0 saturated heterocycles. The zero-order valence-electron chi connectivity index (χ0n) is 6.13. The van der Waals surface area contributed by atoms with Crippen LogP contribution < -0.4 is 0 Å². The predicted octanol–water partition coefficient (Wildman–Crippen LogP) is -1.89. The standard InChI is InChI=1S/C3H6O3.H2O4S.Zn/c1-2(4)3(5)6;1-5(2,3)4;/h2,4H,1H3,(H,5,6);(H2,1,2,3,4);/q;;+2/p-2. The average Bonchev–Trinajstić information content (AvgIpc) is 1.59. The van der Waals surface area contributed by atoms with Crippen LogP contribution in [0.4, 0.5) is 0 Å². The fourth-order valence-corrected chi connectivity index (χ4v) is 0. The number of carbonyl (C=O) groups is 1. The summed E-state index contributed by atoms with van der Waals surface area (Å²) in [4.78, 5) is 9.45. The second kappa shape index (κ2) is 7.57. The van der Waals surface area contributed by atoms with Crippen molar-refractivity contribution in [1.82, 2.24) is 0 Å². The number of aliphatic hydroxyl groups excluding tert-OH is 1. The molecule has 0 saturated carbocycles. The number of aliphatic hydroxyl groups is 1. The van der Waals surface area contributed by atoms with Crippen molar-refractivity contribution in [2.75, 3.05) is 0 Å². The van der Waals surface area contributed by atoms with Crippen LogP contribution >= 0.6 is 0 Å². The van der Waals surface area contributed by atoms with Crippen LogP contribution in [0.1, 0.15) is 6.92 Å². The summed E-state index contributed by atoms with van der Waals surface area (Å²) in [7, 11) is -5.17. The van der Waals surface area contributed by atoms with Crippen LogP contribution in [0.2, 0.25) is 0 Å². The molecule has 0 heterocycles. The Morgan fingerprint density at radius 3 is 1.50 bits per heavy atom. The van der Waals surface area contributed by atoms with Crippen molar-refractivity contribution in [1.29, 1.82) is 0 Å². The molecule has 0 aliphatic heterocycles. The Hall–Kier alpha value is -0.0766. The zero-order chi connectivity index (χ0) is 9.65. The van der Waals surface area contributed by atoms with Gasteiger partial charge in [-0.3, -0.25) is 8.42 Å². The first-order valence-corrected chi connectivity index (χ1v) is 3.55. The number of rotatable bonds is 1. The molecule has 0 amide bonds. The molecular formula is C3H6O7SZn. The van der Waals surface area contributed by atoms with Crippen LogP contribution in [0.5, 0.6) is 0 Å². The van der Waals surface area contributed by atoms with Gasteiger partial charge in [0.2, 0.25) is 0 Å². The number of hydrogen-bond donors (Lipinski definition) is 2. The van der Waals surface area contributed by atoms with E-state index in [0.717, 1.165) is 0 Å². The maximum atomic E-state index is 9.45. The molecule has 0 aliphatic carbocycles. The molecule has 7 nitrogen and oxygen atoms in total. The summed E-state index contributed by atoms with van der Waals surface area (Å²) >= 11 is 0. The third kappa shape index (κ3) is 51.3. The van der Waals surface area contributed by atoms with Gasteiger partial charge in [0, 0.05) is 10.4 Å². The van der Waals surface area contributed by atoms with E-state index in [4.69, 9.17) is 27.7 Å². The van der Waals surface area contributed by atoms with E-state index in [-0.39, 0.29) is 19.5 Å². The van der Waals surface area contributed by atoms with Crippen molar-refractivity contribution in [3.05, 3.63) is 0 Å². The maximum absolute atomic E-state index is 9.45. The number of carboxylic acids is 1. The van der Waals surface area contributed by atoms with Crippen LogP contribution in [0.25, 0.3) is 0 Å². The normalized spacial score (nSPS) is 11.7. The zero-order valence-corrected chi connectivity index (χ0v) is 9.91. The summed E-state index contributed by atoms with van der Waals surface area (Å²) < 4.78 is 34.1. The van der Waals surface area contributed by atoms with Gasteiger partial charge in [0.25, 0.3) is 0 Å². The van der Waals surface area contributed by atoms with Gasteiger partial charge in [0.05, 0.1) is 0 Å². The fraction of sp³-hybridized carbons (Fsp3) is 0.667. The van der Waals surface area contributed by atoms with Crippen molar-refractivity contribution in [3.63, 3.8) is 0 Å². The first kappa shape index (κ1) is 17.9. The molecule has 0 aromatic carbocycles. The summed E-state index contributed by atoms with van der Waals surface area (Å²) in [6, 6.07) is 0. The Labute approximate surface area is 81.7 Å². The van der Waals surface area contributed by atoms with Crippen LogP contribution in [0, 0.1) is 0 Å². The quantitative estimate of drug-likeness (QED) is 0.316.